The van der Waals surface area contributed by atoms with Crippen molar-refractivity contribution in [3.8, 4) is 17.2 Å². The molecule has 0 saturated heterocycles. The molecule has 3 N–H and O–H groups in total. The van der Waals surface area contributed by atoms with Gasteiger partial charge in [0.15, 0.2) is 23.1 Å². The second-order valence-corrected chi connectivity index (χ2v) is 12.6. The quantitative estimate of drug-likeness (QED) is 0.157. The molecular formula is C38H60FN3O6. The number of nitrogens with one attached hydrogen (secondary N) is 1. The summed E-state index contributed by atoms with van der Waals surface area (Å²) in [6, 6.07) is 5.55. The van der Waals surface area contributed by atoms with Crippen LogP contribution in [0.5, 0.6) is 17.2 Å². The highest BCUT2D eigenvalue weighted by molar-refractivity contribution is 6.01. The first-order valence-electron chi connectivity index (χ1n) is 17.2. The summed E-state index contributed by atoms with van der Waals surface area (Å²) in [5.41, 5.74) is 9.63. The van der Waals surface area contributed by atoms with Gasteiger partial charge >= 0.3 is 5.97 Å². The molecule has 2 aromatic rings. The van der Waals surface area contributed by atoms with Crippen molar-refractivity contribution >= 4 is 17.5 Å². The molecule has 0 radical (unpaired) electrons. The Hall–Kier alpha value is -3.50. The summed E-state index contributed by atoms with van der Waals surface area (Å²) in [5, 5.41) is 7.88. The van der Waals surface area contributed by atoms with E-state index in [1.807, 2.05) is 39.0 Å². The number of nitrogens with two attached hydrogens (primary N) is 1. The molecule has 48 heavy (non-hydrogen) atoms. The highest BCUT2D eigenvalue weighted by Gasteiger charge is 2.25. The molecule has 0 aromatic heterocycles. The number of methoxy groups -OCH3 is 1. The predicted octanol–water partition coefficient (Wildman–Crippen LogP) is 7.44. The van der Waals surface area contributed by atoms with Gasteiger partial charge in [-0.05, 0) is 108 Å². The van der Waals surface area contributed by atoms with Crippen LogP contribution in [0.15, 0.2) is 18.2 Å². The molecule has 0 aliphatic heterocycles. The molecule has 0 heterocycles. The fourth-order valence-electron chi connectivity index (χ4n) is 5.48. The van der Waals surface area contributed by atoms with Gasteiger partial charge in [0, 0.05) is 22.4 Å². The van der Waals surface area contributed by atoms with Gasteiger partial charge in [0.2, 0.25) is 0 Å². The molecule has 0 saturated carbocycles. The first-order chi connectivity index (χ1) is 22.7. The standard InChI is InChI=1S/C14H18FNO2.C14H21NO2.C10H21NO2/c1-3-17-11-8-9-6-5-7-10(16)12(9)13(15)14(11)18-4-2;1-9-6-10(12(16)8-15)7-11(13(9)17-5)14(2,3)4;1-4-7-11(8-5-2)9-10(12)13-6-3/h8,16H,3-7H2,1-2H3;6-7H,8,15H2,1-5H3;4-9H2,1-3H3. The van der Waals surface area contributed by atoms with E-state index in [0.717, 1.165) is 61.2 Å². The third kappa shape index (κ3) is 12.8. The summed E-state index contributed by atoms with van der Waals surface area (Å²) in [5.74, 6) is 0.856. The molecule has 0 fully saturated rings. The number of carbonyl (C=O) groups is 2. The van der Waals surface area contributed by atoms with Gasteiger partial charge in [-0.3, -0.25) is 14.5 Å². The number of nitrogens with zero attached hydrogens (tertiary/aromatic N) is 1. The second-order valence-electron chi connectivity index (χ2n) is 12.6. The summed E-state index contributed by atoms with van der Waals surface area (Å²) in [6.45, 7) is 21.7. The summed E-state index contributed by atoms with van der Waals surface area (Å²) in [7, 11) is 1.65. The van der Waals surface area contributed by atoms with E-state index in [-0.39, 0.29) is 29.5 Å². The smallest absolute Gasteiger partial charge is 0.320 e. The van der Waals surface area contributed by atoms with E-state index in [1.165, 1.54) is 0 Å². The van der Waals surface area contributed by atoms with Gasteiger partial charge in [0.1, 0.15) is 5.75 Å². The highest BCUT2D eigenvalue weighted by Crippen LogP contribution is 2.38. The third-order valence-corrected chi connectivity index (χ3v) is 7.56. The first-order valence-corrected chi connectivity index (χ1v) is 17.2. The molecule has 0 amide bonds. The number of ether oxygens (including phenoxy) is 4. The van der Waals surface area contributed by atoms with Crippen LogP contribution in [0, 0.1) is 18.2 Å². The number of rotatable bonds is 14. The highest BCUT2D eigenvalue weighted by atomic mass is 19.1. The van der Waals surface area contributed by atoms with Crippen molar-refractivity contribution in [2.75, 3.05) is 53.1 Å². The van der Waals surface area contributed by atoms with Crippen LogP contribution in [0.4, 0.5) is 4.39 Å². The van der Waals surface area contributed by atoms with E-state index in [2.05, 4.69) is 39.5 Å². The van der Waals surface area contributed by atoms with Crippen molar-refractivity contribution in [3.05, 3.63) is 51.8 Å². The van der Waals surface area contributed by atoms with Gasteiger partial charge in [-0.1, -0.05) is 34.6 Å². The Kier molecular flexibility index (Phi) is 19.0. The first kappa shape index (κ1) is 42.5. The molecule has 2 aromatic carbocycles. The van der Waals surface area contributed by atoms with E-state index in [1.54, 1.807) is 14.0 Å². The Bertz CT molecular complexity index is 1330. The van der Waals surface area contributed by atoms with Gasteiger partial charge in [-0.15, -0.1) is 0 Å². The molecule has 270 valence electrons. The van der Waals surface area contributed by atoms with Crippen LogP contribution in [0.2, 0.25) is 0 Å². The monoisotopic (exact) mass is 673 g/mol. The number of Topliss-reactive ketones (excluding diaryl/α,β-unsaturated/α-hetero) is 1. The van der Waals surface area contributed by atoms with Crippen LogP contribution in [-0.2, 0) is 21.4 Å². The van der Waals surface area contributed by atoms with Crippen molar-refractivity contribution in [2.24, 2.45) is 5.73 Å². The Morgan fingerprint density at radius 3 is 2.06 bits per heavy atom. The number of hydrogen-bond donors (Lipinski definition) is 2. The lowest BCUT2D eigenvalue weighted by Crippen LogP contribution is -2.32. The average Bonchev–Trinajstić information content (AvgIpc) is 3.02. The van der Waals surface area contributed by atoms with E-state index >= 15 is 0 Å². The van der Waals surface area contributed by atoms with Crippen LogP contribution in [0.1, 0.15) is 114 Å². The van der Waals surface area contributed by atoms with Crippen molar-refractivity contribution in [1.29, 1.82) is 5.41 Å². The molecule has 0 bridgehead atoms. The lowest BCUT2D eigenvalue weighted by Gasteiger charge is -2.24. The van der Waals surface area contributed by atoms with Gasteiger partial charge in [-0.25, -0.2) is 4.39 Å². The second kappa shape index (κ2) is 21.5. The minimum atomic E-state index is -0.442. The minimum absolute atomic E-state index is 0.0371. The maximum absolute atomic E-state index is 14.4. The zero-order valence-electron chi connectivity index (χ0n) is 31.1. The van der Waals surface area contributed by atoms with Gasteiger partial charge < -0.3 is 30.1 Å². The van der Waals surface area contributed by atoms with Crippen molar-refractivity contribution < 1.29 is 32.9 Å². The molecular weight excluding hydrogens is 613 g/mol. The van der Waals surface area contributed by atoms with Crippen molar-refractivity contribution in [3.63, 3.8) is 0 Å². The Labute approximate surface area is 288 Å². The van der Waals surface area contributed by atoms with E-state index in [0.29, 0.717) is 55.4 Å². The lowest BCUT2D eigenvalue weighted by molar-refractivity contribution is -0.144. The molecule has 1 aliphatic carbocycles. The zero-order valence-corrected chi connectivity index (χ0v) is 31.1. The Balaban J connectivity index is 0.000000366. The minimum Gasteiger partial charge on any atom is -0.496 e. The van der Waals surface area contributed by atoms with Crippen LogP contribution >= 0.6 is 0 Å². The molecule has 1 aliphatic rings. The van der Waals surface area contributed by atoms with Crippen molar-refractivity contribution in [2.45, 2.75) is 99.8 Å². The predicted molar refractivity (Wildman–Crippen MR) is 192 cm³/mol. The number of fused-ring (bicyclic) bond motifs is 1. The number of carbonyl (C=O) groups excluding carboxylic acids is 2. The number of ketones is 1. The summed E-state index contributed by atoms with van der Waals surface area (Å²) < 4.78 is 35.5. The number of benzene rings is 2. The normalized spacial score (nSPS) is 12.2. The zero-order chi connectivity index (χ0) is 36.4. The number of esters is 1. The number of halogens is 1. The third-order valence-electron chi connectivity index (χ3n) is 7.56. The van der Waals surface area contributed by atoms with E-state index < -0.39 is 5.82 Å². The molecule has 9 nitrogen and oxygen atoms in total. The van der Waals surface area contributed by atoms with Gasteiger partial charge in [0.05, 0.1) is 40.0 Å². The summed E-state index contributed by atoms with van der Waals surface area (Å²) >= 11 is 0. The fraction of sp³-hybridized carbons (Fsp3) is 0.605. The molecule has 3 rings (SSSR count). The Morgan fingerprint density at radius 2 is 1.56 bits per heavy atom. The van der Waals surface area contributed by atoms with Crippen molar-refractivity contribution in [1.82, 2.24) is 4.90 Å². The average molecular weight is 674 g/mol. The van der Waals surface area contributed by atoms with E-state index in [9.17, 15) is 14.0 Å². The molecule has 10 heteroatoms. The summed E-state index contributed by atoms with van der Waals surface area (Å²) in [4.78, 5) is 25.0. The van der Waals surface area contributed by atoms with Crippen LogP contribution in [0.25, 0.3) is 0 Å². The van der Waals surface area contributed by atoms with Gasteiger partial charge in [-0.2, -0.15) is 0 Å². The van der Waals surface area contributed by atoms with Crippen LogP contribution < -0.4 is 19.9 Å². The Morgan fingerprint density at radius 1 is 0.938 bits per heavy atom. The van der Waals surface area contributed by atoms with Crippen LogP contribution in [0.3, 0.4) is 0 Å². The number of aryl methyl sites for hydroxylation is 2. The number of hydrogen-bond acceptors (Lipinski definition) is 9. The fourth-order valence-corrected chi connectivity index (χ4v) is 5.48. The van der Waals surface area contributed by atoms with E-state index in [4.69, 9.17) is 30.1 Å². The maximum Gasteiger partial charge on any atom is 0.320 e. The lowest BCUT2D eigenvalue weighted by atomic mass is 9.83. The SMILES string of the molecule is CCCN(CCC)CC(=O)OCC.CCOc1cc2c(c(F)c1OCC)C(=N)CCC2.COc1c(C)cc(C(=O)CN)cc1C(C)(C)C. The molecule has 0 unspecified atom stereocenters. The largest absolute Gasteiger partial charge is 0.496 e. The van der Waals surface area contributed by atoms with Crippen LogP contribution in [-0.4, -0.2) is 75.5 Å². The molecule has 0 spiro atoms. The van der Waals surface area contributed by atoms with Gasteiger partial charge in [0.25, 0.3) is 0 Å². The maximum atomic E-state index is 14.4. The topological polar surface area (TPSA) is 124 Å². The summed E-state index contributed by atoms with van der Waals surface area (Å²) in [6.07, 6.45) is 4.48. The molecule has 0 atom stereocenters.